The number of aliphatic hydroxyl groups is 3. The van der Waals surface area contributed by atoms with E-state index in [1.54, 1.807) is 0 Å². The van der Waals surface area contributed by atoms with E-state index in [-0.39, 0.29) is 62.4 Å². The molecule has 63 heavy (non-hydrogen) atoms. The molecule has 0 amide bonds. The molecule has 0 bridgehead atoms. The Bertz CT molecular complexity index is 2840. The molecule has 8 atom stereocenters. The second-order valence-electron chi connectivity index (χ2n) is 15.7. The molecule has 0 saturated heterocycles. The second kappa shape index (κ2) is 14.7. The van der Waals surface area contributed by atoms with Crippen molar-refractivity contribution in [2.75, 3.05) is 0 Å². The van der Waals surface area contributed by atoms with E-state index in [4.69, 9.17) is 14.2 Å². The summed E-state index contributed by atoms with van der Waals surface area (Å²) < 4.78 is 18.9. The van der Waals surface area contributed by atoms with E-state index in [1.165, 1.54) is 18.2 Å². The lowest BCUT2D eigenvalue weighted by Crippen LogP contribution is -2.39. The number of ether oxygens (including phenoxy) is 3. The van der Waals surface area contributed by atoms with Crippen molar-refractivity contribution in [2.45, 2.75) is 54.9 Å². The van der Waals surface area contributed by atoms with Crippen LogP contribution in [0.1, 0.15) is 74.7 Å². The molecule has 6 aromatic rings. The summed E-state index contributed by atoms with van der Waals surface area (Å²) in [6.45, 7) is 0. The van der Waals surface area contributed by atoms with Crippen LogP contribution in [0.25, 0.3) is 0 Å². The van der Waals surface area contributed by atoms with Gasteiger partial charge in [-0.2, -0.15) is 0 Å². The third kappa shape index (κ3) is 6.46. The molecule has 0 radical (unpaired) electrons. The molecule has 0 fully saturated rings. The summed E-state index contributed by atoms with van der Waals surface area (Å²) in [6, 6.07) is 14.4. The highest BCUT2D eigenvalue weighted by molar-refractivity contribution is 5.70. The van der Waals surface area contributed by atoms with Crippen molar-refractivity contribution in [1.29, 1.82) is 0 Å². The monoisotopic (exact) mass is 866 g/mol. The lowest BCUT2D eigenvalue weighted by atomic mass is 9.73. The molecule has 3 aliphatic heterocycles. The largest absolute Gasteiger partial charge is 0.508 e. The van der Waals surface area contributed by atoms with E-state index in [0.29, 0.717) is 0 Å². The number of benzene rings is 6. The summed E-state index contributed by atoms with van der Waals surface area (Å²) >= 11 is 0. The van der Waals surface area contributed by atoms with Gasteiger partial charge in [-0.25, -0.2) is 0 Å². The summed E-state index contributed by atoms with van der Waals surface area (Å²) in [5.41, 5.74) is -1.10. The van der Waals surface area contributed by atoms with E-state index >= 15 is 0 Å². The van der Waals surface area contributed by atoms with Crippen molar-refractivity contribution in [3.63, 3.8) is 0 Å². The minimum absolute atomic E-state index is 0.0127. The van der Waals surface area contributed by atoms with Crippen molar-refractivity contribution in [2.24, 2.45) is 0 Å². The average molecular weight is 867 g/mol. The number of aromatic hydroxyl groups is 12. The number of fused-ring (bicyclic) bond motifs is 3. The van der Waals surface area contributed by atoms with Gasteiger partial charge in [0.05, 0.1) is 17.9 Å². The van der Waals surface area contributed by atoms with Crippen LogP contribution in [0, 0.1) is 0 Å². The van der Waals surface area contributed by atoms with Crippen LogP contribution in [0.2, 0.25) is 0 Å². The van der Waals surface area contributed by atoms with Gasteiger partial charge >= 0.3 is 0 Å². The first-order valence-corrected chi connectivity index (χ1v) is 19.3. The van der Waals surface area contributed by atoms with Crippen molar-refractivity contribution in [3.05, 3.63) is 123 Å². The van der Waals surface area contributed by atoms with E-state index in [2.05, 4.69) is 0 Å². The maximum Gasteiger partial charge on any atom is 0.157 e. The molecule has 0 aliphatic carbocycles. The highest BCUT2D eigenvalue weighted by atomic mass is 16.5. The Morgan fingerprint density at radius 3 is 1.29 bits per heavy atom. The topological polar surface area (TPSA) is 331 Å². The normalized spacial score (nSPS) is 23.6. The Hall–Kier alpha value is -7.80. The van der Waals surface area contributed by atoms with Crippen molar-refractivity contribution >= 4 is 0 Å². The molecule has 18 heteroatoms. The number of phenolic OH excluding ortho intramolecular Hbond substituents is 12. The fourth-order valence-electron chi connectivity index (χ4n) is 8.94. The summed E-state index contributed by atoms with van der Waals surface area (Å²) in [4.78, 5) is 0. The maximum absolute atomic E-state index is 12.5. The van der Waals surface area contributed by atoms with Crippen LogP contribution in [0.5, 0.6) is 86.2 Å². The van der Waals surface area contributed by atoms with Crippen molar-refractivity contribution in [1.82, 2.24) is 0 Å². The third-order valence-electron chi connectivity index (χ3n) is 11.8. The Kier molecular flexibility index (Phi) is 9.46. The molecule has 0 saturated carbocycles. The second-order valence-corrected chi connectivity index (χ2v) is 15.7. The Morgan fingerprint density at radius 2 is 0.778 bits per heavy atom. The van der Waals surface area contributed by atoms with Crippen LogP contribution in [0.4, 0.5) is 0 Å². The molecule has 0 unspecified atom stereocenters. The van der Waals surface area contributed by atoms with Crippen LogP contribution >= 0.6 is 0 Å². The van der Waals surface area contributed by atoms with Crippen LogP contribution in [0.3, 0.4) is 0 Å². The zero-order valence-electron chi connectivity index (χ0n) is 32.3. The molecular weight excluding hydrogens is 828 g/mol. The zero-order valence-corrected chi connectivity index (χ0v) is 32.3. The van der Waals surface area contributed by atoms with Gasteiger partial charge < -0.3 is 90.8 Å². The zero-order chi connectivity index (χ0) is 44.9. The summed E-state index contributed by atoms with van der Waals surface area (Å²) in [7, 11) is 0. The SMILES string of the molecule is Oc1cc(O)c2c(c1)O[C@H](c1ccc(O)c(O)c1)[C@H](O)[C@H]2c1c(O)cc(O)c2c1O[C@H](c1ccc(O)c(O)c1)[C@H](O)[C@H]2c1c(O)cc(O)c2c1O[C@@H](c1ccc(O)c(O)c1)[C@H](O)C2. The molecule has 15 N–H and O–H groups in total. The van der Waals surface area contributed by atoms with Crippen LogP contribution in [0.15, 0.2) is 78.9 Å². The summed E-state index contributed by atoms with van der Waals surface area (Å²) in [5.74, 6) is -11.5. The molecule has 0 aromatic heterocycles. The van der Waals surface area contributed by atoms with Gasteiger partial charge in [-0.1, -0.05) is 18.2 Å². The van der Waals surface area contributed by atoms with Gasteiger partial charge in [0.2, 0.25) is 0 Å². The molecule has 6 aromatic carbocycles. The first-order valence-electron chi connectivity index (χ1n) is 19.3. The standard InChI is InChI=1S/C45H38O18/c46-18-10-27(54)33-32(11-18)61-42(16-2-5-21(48)25(52)8-16)39(59)37(33)35-29(56)14-30(57)36-38(40(60)43(63-45(35)36)17-3-6-22(49)26(53)9-17)34-28(55)13-23(50)19-12-31(58)41(62-44(19)34)15-1-4-20(47)24(51)7-15/h1-11,13-14,31,37-43,46-60H,12H2/t31-,37-,38+,39-,40-,41+,42-,43-/m1/s1. The smallest absolute Gasteiger partial charge is 0.157 e. The van der Waals surface area contributed by atoms with Gasteiger partial charge in [0.15, 0.2) is 46.7 Å². The number of rotatable bonds is 5. The summed E-state index contributed by atoms with van der Waals surface area (Å²) in [5, 5.41) is 166. The molecule has 0 spiro atoms. The number of aliphatic hydroxyl groups excluding tert-OH is 3. The van der Waals surface area contributed by atoms with Gasteiger partial charge in [-0.05, 0) is 53.1 Å². The van der Waals surface area contributed by atoms with Crippen molar-refractivity contribution in [3.8, 4) is 86.2 Å². The minimum atomic E-state index is -1.90. The van der Waals surface area contributed by atoms with Crippen LogP contribution in [-0.4, -0.2) is 94.9 Å². The van der Waals surface area contributed by atoms with E-state index in [1.807, 2.05) is 0 Å². The Morgan fingerprint density at radius 1 is 0.365 bits per heavy atom. The molecule has 326 valence electrons. The maximum atomic E-state index is 12.5. The molecule has 9 rings (SSSR count). The van der Waals surface area contributed by atoms with Crippen molar-refractivity contribution < 1.29 is 90.8 Å². The fraction of sp³-hybridized carbons (Fsp3) is 0.200. The van der Waals surface area contributed by atoms with Gasteiger partial charge in [-0.3, -0.25) is 0 Å². The van der Waals surface area contributed by atoms with Gasteiger partial charge in [-0.15, -0.1) is 0 Å². The Balaban J connectivity index is 1.31. The highest BCUT2D eigenvalue weighted by Crippen LogP contribution is 2.62. The minimum Gasteiger partial charge on any atom is -0.508 e. The first-order chi connectivity index (χ1) is 29.9. The number of hydrogen-bond acceptors (Lipinski definition) is 18. The third-order valence-corrected chi connectivity index (χ3v) is 11.8. The van der Waals surface area contributed by atoms with E-state index in [9.17, 15) is 76.6 Å². The lowest BCUT2D eigenvalue weighted by molar-refractivity contribution is -0.00562. The van der Waals surface area contributed by atoms with Gasteiger partial charge in [0.1, 0.15) is 70.1 Å². The molecule has 3 aliphatic rings. The van der Waals surface area contributed by atoms with Crippen LogP contribution in [-0.2, 0) is 6.42 Å². The summed E-state index contributed by atoms with van der Waals surface area (Å²) in [6.07, 6.45) is -9.93. The highest BCUT2D eigenvalue weighted by Gasteiger charge is 2.51. The predicted molar refractivity (Wildman–Crippen MR) is 214 cm³/mol. The van der Waals surface area contributed by atoms with Gasteiger partial charge in [0.25, 0.3) is 0 Å². The number of phenols is 12. The first kappa shape index (κ1) is 40.6. The van der Waals surface area contributed by atoms with Crippen LogP contribution < -0.4 is 14.2 Å². The van der Waals surface area contributed by atoms with E-state index in [0.717, 1.165) is 60.7 Å². The quantitative estimate of drug-likeness (QED) is 0.106. The molecular formula is C45H38O18. The Labute approximate surface area is 354 Å². The number of hydrogen-bond donors (Lipinski definition) is 15. The lowest BCUT2D eigenvalue weighted by Gasteiger charge is -2.43. The fourth-order valence-corrected chi connectivity index (χ4v) is 8.94. The predicted octanol–water partition coefficient (Wildman–Crippen LogP) is 4.44. The van der Waals surface area contributed by atoms with Gasteiger partial charge in [0, 0.05) is 58.5 Å². The van der Waals surface area contributed by atoms with E-state index < -0.39 is 123 Å². The molecule has 18 nitrogen and oxygen atoms in total. The average Bonchev–Trinajstić information content (AvgIpc) is 3.22. The molecule has 3 heterocycles.